The van der Waals surface area contributed by atoms with Crippen LogP contribution in [0, 0.1) is 6.10 Å². The molecule has 117 valence electrons. The van der Waals surface area contributed by atoms with E-state index in [1.165, 1.54) is 0 Å². The molecule has 0 aliphatic carbocycles. The van der Waals surface area contributed by atoms with E-state index in [0.29, 0.717) is 34.1 Å². The average Bonchev–Trinajstić information content (AvgIpc) is 2.59. The summed E-state index contributed by atoms with van der Waals surface area (Å²) in [5, 5.41) is 10.5. The predicted octanol–water partition coefficient (Wildman–Crippen LogP) is 3.02. The second-order valence-corrected chi connectivity index (χ2v) is 4.49. The highest BCUT2D eigenvalue weighted by Crippen LogP contribution is 2.34. The maximum Gasteiger partial charge on any atom is 0.161 e. The Morgan fingerprint density at radius 1 is 0.636 bits per heavy atom. The zero-order valence-electron chi connectivity index (χ0n) is 13.0. The van der Waals surface area contributed by atoms with Crippen molar-refractivity contribution < 1.29 is 24.1 Å². The van der Waals surface area contributed by atoms with E-state index in [0.717, 1.165) is 0 Å². The summed E-state index contributed by atoms with van der Waals surface area (Å²) in [7, 11) is 6.23. The van der Waals surface area contributed by atoms with Gasteiger partial charge in [-0.15, -0.1) is 0 Å². The molecule has 2 aromatic rings. The minimum Gasteiger partial charge on any atom is -0.493 e. The van der Waals surface area contributed by atoms with Crippen LogP contribution in [0.5, 0.6) is 23.0 Å². The standard InChI is InChI=1S/C17H19O5/c1-19-13-7-5-11(9-15(13)21-3)17(18)12-6-8-14(20-2)16(10-12)22-4/h5-10,18H,1-4H3. The van der Waals surface area contributed by atoms with Crippen molar-refractivity contribution in [3.8, 4) is 23.0 Å². The normalized spacial score (nSPS) is 10.5. The number of ether oxygens (including phenoxy) is 4. The fourth-order valence-corrected chi connectivity index (χ4v) is 2.13. The number of benzene rings is 2. The molecule has 22 heavy (non-hydrogen) atoms. The molecule has 0 aliphatic heterocycles. The fraction of sp³-hybridized carbons (Fsp3) is 0.235. The number of methoxy groups -OCH3 is 4. The summed E-state index contributed by atoms with van der Waals surface area (Å²) in [6.45, 7) is 0. The topological polar surface area (TPSA) is 57.2 Å². The van der Waals surface area contributed by atoms with Crippen LogP contribution in [0.4, 0.5) is 0 Å². The molecule has 5 nitrogen and oxygen atoms in total. The van der Waals surface area contributed by atoms with Gasteiger partial charge in [0, 0.05) is 0 Å². The molecule has 0 aromatic heterocycles. The summed E-state index contributed by atoms with van der Waals surface area (Å²) in [5.74, 6) is 2.30. The van der Waals surface area contributed by atoms with E-state index < -0.39 is 0 Å². The summed E-state index contributed by atoms with van der Waals surface area (Å²) in [6, 6.07) is 10.4. The third-order valence-electron chi connectivity index (χ3n) is 3.31. The van der Waals surface area contributed by atoms with E-state index in [-0.39, 0.29) is 6.10 Å². The zero-order chi connectivity index (χ0) is 16.1. The number of aliphatic hydroxyl groups excluding tert-OH is 1. The van der Waals surface area contributed by atoms with E-state index in [4.69, 9.17) is 18.9 Å². The van der Waals surface area contributed by atoms with Crippen LogP contribution in [0.15, 0.2) is 36.4 Å². The Hall–Kier alpha value is -2.40. The van der Waals surface area contributed by atoms with Crippen molar-refractivity contribution in [2.45, 2.75) is 0 Å². The molecule has 0 fully saturated rings. The minimum absolute atomic E-state index is 0.113. The lowest BCUT2D eigenvalue weighted by atomic mass is 10.0. The van der Waals surface area contributed by atoms with Crippen LogP contribution >= 0.6 is 0 Å². The molecule has 1 N–H and O–H groups in total. The van der Waals surface area contributed by atoms with Crippen molar-refractivity contribution in [2.24, 2.45) is 0 Å². The highest BCUT2D eigenvalue weighted by atomic mass is 16.5. The van der Waals surface area contributed by atoms with Gasteiger partial charge in [-0.25, -0.2) is 0 Å². The Balaban J connectivity index is 2.37. The predicted molar refractivity (Wildman–Crippen MR) is 82.5 cm³/mol. The van der Waals surface area contributed by atoms with E-state index in [9.17, 15) is 5.11 Å². The van der Waals surface area contributed by atoms with Crippen molar-refractivity contribution in [3.05, 3.63) is 53.6 Å². The molecule has 0 heterocycles. The van der Waals surface area contributed by atoms with Crippen LogP contribution in [0.2, 0.25) is 0 Å². The molecule has 0 aliphatic rings. The van der Waals surface area contributed by atoms with Crippen LogP contribution in [-0.2, 0) is 0 Å². The van der Waals surface area contributed by atoms with Crippen molar-refractivity contribution in [3.63, 3.8) is 0 Å². The molecule has 0 saturated carbocycles. The van der Waals surface area contributed by atoms with Gasteiger partial charge in [0.1, 0.15) is 0 Å². The highest BCUT2D eigenvalue weighted by Gasteiger charge is 2.17. The van der Waals surface area contributed by atoms with Gasteiger partial charge in [0.2, 0.25) is 0 Å². The second kappa shape index (κ2) is 7.04. The SMILES string of the molecule is COc1ccc([C](O)c2ccc(OC)c(OC)c2)cc1OC. The van der Waals surface area contributed by atoms with E-state index >= 15 is 0 Å². The summed E-state index contributed by atoms with van der Waals surface area (Å²) < 4.78 is 20.9. The third-order valence-corrected chi connectivity index (χ3v) is 3.31. The molecule has 0 atom stereocenters. The van der Waals surface area contributed by atoms with Gasteiger partial charge in [0.05, 0.1) is 28.4 Å². The maximum absolute atomic E-state index is 10.5. The first kappa shape index (κ1) is 16.0. The van der Waals surface area contributed by atoms with Crippen LogP contribution in [0.1, 0.15) is 11.1 Å². The van der Waals surface area contributed by atoms with Crippen LogP contribution < -0.4 is 18.9 Å². The Labute approximate surface area is 130 Å². The van der Waals surface area contributed by atoms with E-state index in [2.05, 4.69) is 0 Å². The van der Waals surface area contributed by atoms with Gasteiger partial charge >= 0.3 is 0 Å². The average molecular weight is 303 g/mol. The molecule has 0 amide bonds. The van der Waals surface area contributed by atoms with Crippen molar-refractivity contribution in [1.82, 2.24) is 0 Å². The van der Waals surface area contributed by atoms with E-state index in [1.54, 1.807) is 64.8 Å². The number of rotatable bonds is 6. The lowest BCUT2D eigenvalue weighted by Crippen LogP contribution is -2.03. The number of hydrogen-bond acceptors (Lipinski definition) is 5. The van der Waals surface area contributed by atoms with Crippen LogP contribution in [-0.4, -0.2) is 33.5 Å². The molecule has 0 saturated heterocycles. The first-order valence-corrected chi connectivity index (χ1v) is 6.65. The van der Waals surface area contributed by atoms with Gasteiger partial charge < -0.3 is 24.1 Å². The van der Waals surface area contributed by atoms with Crippen LogP contribution in [0.3, 0.4) is 0 Å². The summed E-state index contributed by atoms with van der Waals surface area (Å²) >= 11 is 0. The lowest BCUT2D eigenvalue weighted by molar-refractivity contribution is 0.340. The lowest BCUT2D eigenvalue weighted by Gasteiger charge is -2.15. The fourth-order valence-electron chi connectivity index (χ4n) is 2.13. The number of hydrogen-bond donors (Lipinski definition) is 1. The van der Waals surface area contributed by atoms with Crippen molar-refractivity contribution in [2.75, 3.05) is 28.4 Å². The van der Waals surface area contributed by atoms with Crippen LogP contribution in [0.25, 0.3) is 0 Å². The Morgan fingerprint density at radius 3 is 1.32 bits per heavy atom. The molecule has 0 unspecified atom stereocenters. The second-order valence-electron chi connectivity index (χ2n) is 4.49. The van der Waals surface area contributed by atoms with Gasteiger partial charge in [-0.2, -0.15) is 0 Å². The maximum atomic E-state index is 10.5. The Kier molecular flexibility index (Phi) is 5.12. The van der Waals surface area contributed by atoms with Gasteiger partial charge in [0.25, 0.3) is 0 Å². The minimum atomic E-state index is 0.113. The molecular weight excluding hydrogens is 284 g/mol. The van der Waals surface area contributed by atoms with Gasteiger partial charge in [-0.1, -0.05) is 12.1 Å². The molecule has 1 radical (unpaired) electrons. The molecule has 2 rings (SSSR count). The summed E-state index contributed by atoms with van der Waals surface area (Å²) in [5.41, 5.74) is 1.23. The largest absolute Gasteiger partial charge is 0.493 e. The van der Waals surface area contributed by atoms with Crippen molar-refractivity contribution in [1.29, 1.82) is 0 Å². The summed E-state index contributed by atoms with van der Waals surface area (Å²) in [6.07, 6.45) is 0.113. The molecule has 0 bridgehead atoms. The quantitative estimate of drug-likeness (QED) is 0.889. The molecule has 5 heteroatoms. The molecular formula is C17H19O5. The zero-order valence-corrected chi connectivity index (χ0v) is 13.0. The summed E-state index contributed by atoms with van der Waals surface area (Å²) in [4.78, 5) is 0. The molecule has 0 spiro atoms. The monoisotopic (exact) mass is 303 g/mol. The molecule has 2 aromatic carbocycles. The van der Waals surface area contributed by atoms with Gasteiger partial charge in [-0.3, -0.25) is 0 Å². The number of aliphatic hydroxyl groups is 1. The van der Waals surface area contributed by atoms with Gasteiger partial charge in [-0.05, 0) is 35.4 Å². The van der Waals surface area contributed by atoms with Crippen molar-refractivity contribution >= 4 is 0 Å². The van der Waals surface area contributed by atoms with E-state index in [1.807, 2.05) is 0 Å². The third kappa shape index (κ3) is 3.09. The van der Waals surface area contributed by atoms with Gasteiger partial charge in [0.15, 0.2) is 29.1 Å². The Bertz CT molecular complexity index is 583. The Morgan fingerprint density at radius 2 is 1.00 bits per heavy atom. The highest BCUT2D eigenvalue weighted by molar-refractivity contribution is 5.53. The smallest absolute Gasteiger partial charge is 0.161 e. The first-order chi connectivity index (χ1) is 10.6. The first-order valence-electron chi connectivity index (χ1n) is 6.65.